The molecule has 3 aromatic carbocycles. The van der Waals surface area contributed by atoms with E-state index in [4.69, 9.17) is 14.2 Å². The monoisotopic (exact) mass is 644 g/mol. The lowest BCUT2D eigenvalue weighted by Crippen LogP contribution is -2.35. The van der Waals surface area contributed by atoms with Crippen LogP contribution in [0, 0.1) is 20.2 Å². The number of carbonyl (C=O) groups is 1. The van der Waals surface area contributed by atoms with Gasteiger partial charge in [0.25, 0.3) is 16.9 Å². The van der Waals surface area contributed by atoms with Crippen molar-refractivity contribution in [2.45, 2.75) is 33.4 Å². The van der Waals surface area contributed by atoms with E-state index < -0.39 is 27.4 Å². The smallest absolute Gasteiger partial charge is 0.338 e. The van der Waals surface area contributed by atoms with Crippen LogP contribution in [0.3, 0.4) is 0 Å². The molecule has 0 saturated heterocycles. The number of carbonyl (C=O) groups excluding carboxylic acids is 1. The second-order valence-corrected chi connectivity index (χ2v) is 11.0. The molecule has 0 radical (unpaired) electrons. The third-order valence-electron chi connectivity index (χ3n) is 7.04. The number of nitro groups is 2. The van der Waals surface area contributed by atoms with Gasteiger partial charge in [-0.2, -0.15) is 0 Å². The Labute approximate surface area is 265 Å². The van der Waals surface area contributed by atoms with Crippen molar-refractivity contribution in [1.82, 2.24) is 4.57 Å². The fourth-order valence-electron chi connectivity index (χ4n) is 4.98. The molecule has 0 bridgehead atoms. The zero-order valence-corrected chi connectivity index (χ0v) is 25.8. The first-order chi connectivity index (χ1) is 22.1. The van der Waals surface area contributed by atoms with Crippen LogP contribution in [-0.2, 0) is 16.1 Å². The highest BCUT2D eigenvalue weighted by molar-refractivity contribution is 7.07. The van der Waals surface area contributed by atoms with Crippen LogP contribution in [0.4, 0.5) is 11.4 Å². The van der Waals surface area contributed by atoms with Gasteiger partial charge in [-0.15, -0.1) is 0 Å². The molecule has 1 atom stereocenters. The summed E-state index contributed by atoms with van der Waals surface area (Å²) in [5.74, 6) is -0.445. The van der Waals surface area contributed by atoms with Gasteiger partial charge in [0.15, 0.2) is 16.3 Å². The van der Waals surface area contributed by atoms with Crippen molar-refractivity contribution in [3.8, 4) is 11.5 Å². The summed E-state index contributed by atoms with van der Waals surface area (Å²) in [7, 11) is 0. The lowest BCUT2D eigenvalue weighted by Gasteiger charge is -2.23. The van der Waals surface area contributed by atoms with E-state index in [9.17, 15) is 29.8 Å². The molecule has 1 aliphatic heterocycles. The van der Waals surface area contributed by atoms with Crippen LogP contribution in [-0.4, -0.2) is 33.6 Å². The number of non-ortho nitro benzene ring substituents is 1. The number of nitro benzene ring substituents is 2. The van der Waals surface area contributed by atoms with Crippen molar-refractivity contribution in [2.75, 3.05) is 13.2 Å². The van der Waals surface area contributed by atoms with Gasteiger partial charge in [-0.05, 0) is 44.0 Å². The summed E-state index contributed by atoms with van der Waals surface area (Å²) in [6, 6.07) is 16.5. The van der Waals surface area contributed by atoms with Crippen LogP contribution < -0.4 is 24.4 Å². The number of allylic oxidation sites excluding steroid dienone is 1. The summed E-state index contributed by atoms with van der Waals surface area (Å²) in [6.45, 7) is 5.27. The molecular formula is C32H28N4O9S. The minimum atomic E-state index is -1.23. The molecule has 4 aromatic rings. The number of hydrogen-bond donors (Lipinski definition) is 0. The third kappa shape index (κ3) is 6.42. The van der Waals surface area contributed by atoms with Gasteiger partial charge in [0.1, 0.15) is 12.6 Å². The molecule has 0 N–H and O–H groups in total. The molecule has 0 aliphatic carbocycles. The number of aromatic nitrogens is 1. The minimum Gasteiger partial charge on any atom is -0.490 e. The topological polar surface area (TPSA) is 165 Å². The van der Waals surface area contributed by atoms with Crippen LogP contribution in [0.25, 0.3) is 11.8 Å². The zero-order valence-electron chi connectivity index (χ0n) is 25.0. The van der Waals surface area contributed by atoms with Crippen molar-refractivity contribution in [3.05, 3.63) is 129 Å². The molecule has 1 aliphatic rings. The van der Waals surface area contributed by atoms with Gasteiger partial charge in [0.05, 0.1) is 44.8 Å². The molecule has 0 unspecified atom stereocenters. The van der Waals surface area contributed by atoms with Crippen LogP contribution in [0.5, 0.6) is 11.5 Å². The molecular weight excluding hydrogens is 616 g/mol. The van der Waals surface area contributed by atoms with Crippen LogP contribution >= 0.6 is 11.3 Å². The molecule has 0 spiro atoms. The maximum absolute atomic E-state index is 13.6. The van der Waals surface area contributed by atoms with Crippen molar-refractivity contribution >= 4 is 40.5 Å². The summed E-state index contributed by atoms with van der Waals surface area (Å²) >= 11 is 0.984. The summed E-state index contributed by atoms with van der Waals surface area (Å²) in [6.07, 6.45) is 1.49. The summed E-state index contributed by atoms with van der Waals surface area (Å²) < 4.78 is 18.5. The second-order valence-electron chi connectivity index (χ2n) is 9.96. The average Bonchev–Trinajstić information content (AvgIpc) is 3.35. The Morgan fingerprint density at radius 1 is 0.978 bits per heavy atom. The summed E-state index contributed by atoms with van der Waals surface area (Å²) in [5, 5.41) is 23.7. The Bertz CT molecular complexity index is 2050. The molecule has 1 aromatic heterocycles. The lowest BCUT2D eigenvalue weighted by atomic mass is 9.94. The van der Waals surface area contributed by atoms with Gasteiger partial charge in [-0.1, -0.05) is 53.8 Å². The molecule has 236 valence electrons. The molecule has 5 rings (SSSR count). The third-order valence-corrected chi connectivity index (χ3v) is 8.02. The fraction of sp³-hybridized carbons (Fsp3) is 0.219. The number of fused-ring (bicyclic) bond motifs is 1. The first-order valence-corrected chi connectivity index (χ1v) is 15.0. The predicted molar refractivity (Wildman–Crippen MR) is 169 cm³/mol. The molecule has 46 heavy (non-hydrogen) atoms. The maximum Gasteiger partial charge on any atom is 0.338 e. The van der Waals surface area contributed by atoms with Gasteiger partial charge < -0.3 is 14.2 Å². The standard InChI is InChI=1S/C32H28N4O9S/c1-4-43-25-16-23(24(36(41)42)17-26(25)45-18-20-10-7-6-8-11-20)29-28(31(38)44-5-2)19(3)34-30(37)27(46-32(34)33-29)15-21-12-9-13-22(14-21)35(39)40/h6-17,29H,4-5,18H2,1-3H3/b27-15-/t29-/m1/s1. The molecule has 14 heteroatoms. The zero-order chi connectivity index (χ0) is 33.0. The molecule has 0 saturated carbocycles. The normalized spacial score (nSPS) is 14.3. The lowest BCUT2D eigenvalue weighted by molar-refractivity contribution is -0.385. The van der Waals surface area contributed by atoms with E-state index in [1.165, 1.54) is 47.9 Å². The van der Waals surface area contributed by atoms with Crippen molar-refractivity contribution in [1.29, 1.82) is 0 Å². The van der Waals surface area contributed by atoms with E-state index in [0.717, 1.165) is 16.9 Å². The molecule has 0 fully saturated rings. The van der Waals surface area contributed by atoms with Gasteiger partial charge in [0.2, 0.25) is 0 Å². The van der Waals surface area contributed by atoms with E-state index in [1.54, 1.807) is 19.9 Å². The summed E-state index contributed by atoms with van der Waals surface area (Å²) in [4.78, 5) is 54.4. The Hall–Kier alpha value is -5.63. The Morgan fingerprint density at radius 3 is 2.39 bits per heavy atom. The molecule has 0 amide bonds. The Balaban J connectivity index is 1.70. The number of ether oxygens (including phenoxy) is 3. The largest absolute Gasteiger partial charge is 0.490 e. The van der Waals surface area contributed by atoms with E-state index in [0.29, 0.717) is 5.56 Å². The van der Waals surface area contributed by atoms with Crippen molar-refractivity contribution in [3.63, 3.8) is 0 Å². The highest BCUT2D eigenvalue weighted by atomic mass is 32.1. The first-order valence-electron chi connectivity index (χ1n) is 14.2. The number of hydrogen-bond acceptors (Lipinski definition) is 11. The fourth-order valence-corrected chi connectivity index (χ4v) is 6.02. The highest BCUT2D eigenvalue weighted by Crippen LogP contribution is 2.43. The average molecular weight is 645 g/mol. The highest BCUT2D eigenvalue weighted by Gasteiger charge is 2.36. The van der Waals surface area contributed by atoms with Gasteiger partial charge in [0, 0.05) is 17.8 Å². The van der Waals surface area contributed by atoms with Crippen molar-refractivity contribution < 1.29 is 28.9 Å². The van der Waals surface area contributed by atoms with Crippen LogP contribution in [0.1, 0.15) is 43.5 Å². The maximum atomic E-state index is 13.6. The Morgan fingerprint density at radius 2 is 1.72 bits per heavy atom. The first kappa shape index (κ1) is 31.8. The van der Waals surface area contributed by atoms with E-state index >= 15 is 0 Å². The number of thiazole rings is 1. The minimum absolute atomic E-state index is 0.0120. The Kier molecular flexibility index (Phi) is 9.37. The van der Waals surface area contributed by atoms with Crippen molar-refractivity contribution in [2.24, 2.45) is 4.99 Å². The quantitative estimate of drug-likeness (QED) is 0.128. The van der Waals surface area contributed by atoms with E-state index in [-0.39, 0.29) is 68.9 Å². The van der Waals surface area contributed by atoms with E-state index in [2.05, 4.69) is 4.99 Å². The van der Waals surface area contributed by atoms with Crippen LogP contribution in [0.2, 0.25) is 0 Å². The SMILES string of the molecule is CCOC(=O)C1=C(C)n2c(s/c(=C\c3cccc([N+](=O)[O-])c3)c2=O)=N[C@@H]1c1cc(OCC)c(OCc2ccccc2)cc1[N+](=O)[O-]. The number of nitrogens with zero attached hydrogens (tertiary/aromatic N) is 4. The van der Waals surface area contributed by atoms with Crippen LogP contribution in [0.15, 0.2) is 82.1 Å². The number of benzene rings is 3. The predicted octanol–water partition coefficient (Wildman–Crippen LogP) is 4.70. The summed E-state index contributed by atoms with van der Waals surface area (Å²) in [5.41, 5.74) is 0.402. The number of rotatable bonds is 11. The number of esters is 1. The van der Waals surface area contributed by atoms with Gasteiger partial charge in [-0.3, -0.25) is 29.6 Å². The second kappa shape index (κ2) is 13.6. The van der Waals surface area contributed by atoms with Gasteiger partial charge >= 0.3 is 5.97 Å². The van der Waals surface area contributed by atoms with E-state index in [1.807, 2.05) is 30.3 Å². The molecule has 2 heterocycles. The molecule has 13 nitrogen and oxygen atoms in total. The van der Waals surface area contributed by atoms with Gasteiger partial charge in [-0.25, -0.2) is 9.79 Å².